The van der Waals surface area contributed by atoms with Crippen molar-refractivity contribution in [3.63, 3.8) is 0 Å². The summed E-state index contributed by atoms with van der Waals surface area (Å²) in [6.07, 6.45) is -0.147. The van der Waals surface area contributed by atoms with Crippen LogP contribution in [0.4, 0.5) is 10.8 Å². The van der Waals surface area contributed by atoms with Crippen LogP contribution in [0.25, 0.3) is 0 Å². The molecule has 0 aliphatic rings. The average Bonchev–Trinajstić information content (AvgIpc) is 2.71. The number of rotatable bonds is 8. The van der Waals surface area contributed by atoms with Crippen LogP contribution < -0.4 is 11.1 Å². The van der Waals surface area contributed by atoms with Gasteiger partial charge in [0.1, 0.15) is 9.90 Å². The number of sulfone groups is 1. The zero-order chi connectivity index (χ0) is 14.5. The van der Waals surface area contributed by atoms with Crippen LogP contribution in [-0.2, 0) is 14.6 Å². The Morgan fingerprint density at radius 3 is 2.84 bits per heavy atom. The second-order valence-corrected chi connectivity index (χ2v) is 6.94. The van der Waals surface area contributed by atoms with Gasteiger partial charge in [0, 0.05) is 13.7 Å². The van der Waals surface area contributed by atoms with Gasteiger partial charge in [-0.2, -0.15) is 4.37 Å². The van der Waals surface area contributed by atoms with E-state index >= 15 is 0 Å². The minimum atomic E-state index is -3.40. The number of aromatic nitrogens is 1. The summed E-state index contributed by atoms with van der Waals surface area (Å²) in [6.45, 7) is 2.21. The molecular weight excluding hydrogens is 290 g/mol. The van der Waals surface area contributed by atoms with Crippen LogP contribution in [0.3, 0.4) is 0 Å². The molecule has 7 nitrogen and oxygen atoms in total. The lowest BCUT2D eigenvalue weighted by Crippen LogP contribution is -2.18. The molecule has 0 radical (unpaired) electrons. The van der Waals surface area contributed by atoms with Gasteiger partial charge in [-0.05, 0) is 18.0 Å². The summed E-state index contributed by atoms with van der Waals surface area (Å²) in [5.41, 5.74) is 5.59. The summed E-state index contributed by atoms with van der Waals surface area (Å²) >= 11 is 1.01. The molecule has 1 aromatic rings. The first-order valence-corrected chi connectivity index (χ1v) is 8.23. The summed E-state index contributed by atoms with van der Waals surface area (Å²) in [7, 11) is -1.90. The van der Waals surface area contributed by atoms with Crippen molar-refractivity contribution in [3.8, 4) is 0 Å². The molecule has 4 N–H and O–H groups in total. The molecule has 0 amide bonds. The van der Waals surface area contributed by atoms with E-state index in [-0.39, 0.29) is 23.1 Å². The van der Waals surface area contributed by atoms with E-state index in [1.807, 2.05) is 0 Å². The highest BCUT2D eigenvalue weighted by molar-refractivity contribution is 7.91. The lowest BCUT2D eigenvalue weighted by Gasteiger charge is -2.10. The molecule has 0 aromatic carbocycles. The molecule has 1 unspecified atom stereocenters. The van der Waals surface area contributed by atoms with Gasteiger partial charge in [-0.3, -0.25) is 0 Å². The summed E-state index contributed by atoms with van der Waals surface area (Å²) < 4.78 is 32.4. The molecule has 0 spiro atoms. The van der Waals surface area contributed by atoms with Crippen molar-refractivity contribution in [1.29, 1.82) is 0 Å². The van der Waals surface area contributed by atoms with Crippen LogP contribution in [0.2, 0.25) is 0 Å². The maximum atomic E-state index is 11.9. The number of nitrogens with zero attached hydrogens (tertiary/aromatic N) is 1. The second-order valence-electron chi connectivity index (χ2n) is 3.95. The Kier molecular flexibility index (Phi) is 5.98. The van der Waals surface area contributed by atoms with Crippen LogP contribution in [0.15, 0.2) is 4.90 Å². The number of hydrogen-bond acceptors (Lipinski definition) is 8. The quantitative estimate of drug-likeness (QED) is 0.634. The fraction of sp³-hybridized carbons (Fsp3) is 0.700. The zero-order valence-electron chi connectivity index (χ0n) is 10.9. The highest BCUT2D eigenvalue weighted by Gasteiger charge is 2.23. The third-order valence-corrected chi connectivity index (χ3v) is 5.23. The van der Waals surface area contributed by atoms with Crippen molar-refractivity contribution in [1.82, 2.24) is 4.37 Å². The number of nitrogens with one attached hydrogen (secondary N) is 1. The van der Waals surface area contributed by atoms with E-state index in [9.17, 15) is 13.5 Å². The number of methoxy groups -OCH3 is 1. The molecule has 0 saturated carbocycles. The molecular formula is C10H19N3O4S2. The first-order valence-electron chi connectivity index (χ1n) is 5.81. The largest absolute Gasteiger partial charge is 0.391 e. The first kappa shape index (κ1) is 16.2. The molecule has 19 heavy (non-hydrogen) atoms. The molecule has 1 rings (SSSR count). The molecule has 1 atom stereocenters. The fourth-order valence-corrected chi connectivity index (χ4v) is 3.67. The standard InChI is InChI=1S/C10H19N3O4S2/c1-3-19(15,16)8-9(11)13-18-10(8)12-5-4-7(14)6-17-2/h7,12,14H,3-6H2,1-2H3,(H2,11,13). The number of aliphatic hydroxyl groups excluding tert-OH is 1. The number of aliphatic hydroxyl groups is 1. The SMILES string of the molecule is CCS(=O)(=O)c1c(N)nsc1NCCC(O)COC. The Labute approximate surface area is 116 Å². The van der Waals surface area contributed by atoms with Gasteiger partial charge in [-0.15, -0.1) is 0 Å². The molecule has 0 aliphatic carbocycles. The van der Waals surface area contributed by atoms with Crippen molar-refractivity contribution in [2.24, 2.45) is 0 Å². The van der Waals surface area contributed by atoms with Crippen LogP contribution in [0.5, 0.6) is 0 Å². The van der Waals surface area contributed by atoms with E-state index in [0.29, 0.717) is 18.0 Å². The van der Waals surface area contributed by atoms with Gasteiger partial charge in [0.25, 0.3) is 0 Å². The van der Waals surface area contributed by atoms with Crippen molar-refractivity contribution in [2.75, 3.05) is 37.1 Å². The van der Waals surface area contributed by atoms with Gasteiger partial charge in [0.15, 0.2) is 15.7 Å². The van der Waals surface area contributed by atoms with Gasteiger partial charge in [0.2, 0.25) is 0 Å². The van der Waals surface area contributed by atoms with Crippen LogP contribution in [0, 0.1) is 0 Å². The zero-order valence-corrected chi connectivity index (χ0v) is 12.6. The van der Waals surface area contributed by atoms with E-state index in [2.05, 4.69) is 9.69 Å². The van der Waals surface area contributed by atoms with E-state index in [1.165, 1.54) is 7.11 Å². The predicted octanol–water partition coefficient (Wildman–Crippen LogP) is 0.328. The summed E-state index contributed by atoms with van der Waals surface area (Å²) in [4.78, 5) is 0.0567. The molecule has 0 aliphatic heterocycles. The fourth-order valence-electron chi connectivity index (χ4n) is 1.48. The Hall–Kier alpha value is -0.900. The van der Waals surface area contributed by atoms with Crippen LogP contribution >= 0.6 is 11.5 Å². The van der Waals surface area contributed by atoms with Gasteiger partial charge < -0.3 is 20.9 Å². The lowest BCUT2D eigenvalue weighted by atomic mass is 10.3. The van der Waals surface area contributed by atoms with Crippen molar-refractivity contribution in [3.05, 3.63) is 0 Å². The second kappa shape index (κ2) is 7.04. The highest BCUT2D eigenvalue weighted by Crippen LogP contribution is 2.32. The van der Waals surface area contributed by atoms with Gasteiger partial charge in [0.05, 0.1) is 18.5 Å². The number of anilines is 2. The molecule has 0 fully saturated rings. The monoisotopic (exact) mass is 309 g/mol. The minimum Gasteiger partial charge on any atom is -0.391 e. The number of nitrogens with two attached hydrogens (primary N) is 1. The van der Waals surface area contributed by atoms with Crippen molar-refractivity contribution >= 4 is 32.2 Å². The molecule has 0 bridgehead atoms. The van der Waals surface area contributed by atoms with Gasteiger partial charge >= 0.3 is 0 Å². The maximum Gasteiger partial charge on any atom is 0.184 e. The Balaban J connectivity index is 2.70. The topological polar surface area (TPSA) is 115 Å². The van der Waals surface area contributed by atoms with Crippen molar-refractivity contribution < 1.29 is 18.3 Å². The van der Waals surface area contributed by atoms with Crippen molar-refractivity contribution in [2.45, 2.75) is 24.3 Å². The maximum absolute atomic E-state index is 11.9. The Morgan fingerprint density at radius 2 is 2.26 bits per heavy atom. The molecule has 9 heteroatoms. The van der Waals surface area contributed by atoms with Gasteiger partial charge in [-0.25, -0.2) is 8.42 Å². The minimum absolute atomic E-state index is 0.0202. The van der Waals surface area contributed by atoms with Crippen LogP contribution in [-0.4, -0.2) is 50.0 Å². The summed E-state index contributed by atoms with van der Waals surface area (Å²) in [5.74, 6) is -0.0110. The van der Waals surface area contributed by atoms with Crippen LogP contribution in [0.1, 0.15) is 13.3 Å². The predicted molar refractivity (Wildman–Crippen MR) is 75.2 cm³/mol. The number of ether oxygens (including phenoxy) is 1. The first-order chi connectivity index (χ1) is 8.92. The summed E-state index contributed by atoms with van der Waals surface area (Å²) in [6, 6.07) is 0. The third kappa shape index (κ3) is 4.30. The van der Waals surface area contributed by atoms with Gasteiger partial charge in [-0.1, -0.05) is 6.92 Å². The molecule has 1 heterocycles. The molecule has 1 aromatic heterocycles. The third-order valence-electron chi connectivity index (χ3n) is 2.49. The lowest BCUT2D eigenvalue weighted by molar-refractivity contribution is 0.0615. The summed E-state index contributed by atoms with van der Waals surface area (Å²) in [5, 5.41) is 12.9. The Morgan fingerprint density at radius 1 is 1.58 bits per heavy atom. The number of nitrogen functional groups attached to an aromatic ring is 1. The van der Waals surface area contributed by atoms with E-state index in [4.69, 9.17) is 10.5 Å². The highest BCUT2D eigenvalue weighted by atomic mass is 32.2. The average molecular weight is 309 g/mol. The number of hydrogen-bond donors (Lipinski definition) is 3. The normalized spacial score (nSPS) is 13.4. The van der Waals surface area contributed by atoms with E-state index in [0.717, 1.165) is 11.5 Å². The molecule has 110 valence electrons. The van der Waals surface area contributed by atoms with E-state index < -0.39 is 15.9 Å². The smallest absolute Gasteiger partial charge is 0.184 e. The molecule has 0 saturated heterocycles. The van der Waals surface area contributed by atoms with E-state index in [1.54, 1.807) is 6.92 Å². The Bertz CT molecular complexity index is 501.